The average molecular weight is 450 g/mol. The van der Waals surface area contributed by atoms with Gasteiger partial charge in [0.15, 0.2) is 11.4 Å². The molecule has 32 heavy (non-hydrogen) atoms. The van der Waals surface area contributed by atoms with Crippen LogP contribution in [0, 0.1) is 13.8 Å². The molecule has 0 aromatic heterocycles. The number of halogens is 1. The van der Waals surface area contributed by atoms with Crippen molar-refractivity contribution in [3.8, 4) is 5.75 Å². The topological polar surface area (TPSA) is 66.8 Å². The number of aliphatic hydroxyl groups is 1. The molecule has 1 atom stereocenters. The first-order chi connectivity index (χ1) is 15.2. The zero-order valence-electron chi connectivity index (χ0n) is 18.2. The number of benzene rings is 3. The third kappa shape index (κ3) is 3.90. The number of anilines is 1. The lowest BCUT2D eigenvalue weighted by Gasteiger charge is -2.23. The van der Waals surface area contributed by atoms with Gasteiger partial charge in [-0.05, 0) is 67.4 Å². The number of carbonyl (C=O) groups is 2. The van der Waals surface area contributed by atoms with E-state index in [1.807, 2.05) is 26.0 Å². The van der Waals surface area contributed by atoms with Crippen molar-refractivity contribution >= 4 is 29.0 Å². The van der Waals surface area contributed by atoms with Gasteiger partial charge in [-0.25, -0.2) is 0 Å². The largest absolute Gasteiger partial charge is 0.497 e. The van der Waals surface area contributed by atoms with E-state index in [9.17, 15) is 14.7 Å². The monoisotopic (exact) mass is 449 g/mol. The Morgan fingerprint density at radius 2 is 1.78 bits per heavy atom. The van der Waals surface area contributed by atoms with Crippen molar-refractivity contribution in [3.63, 3.8) is 0 Å². The van der Waals surface area contributed by atoms with Crippen LogP contribution in [-0.4, -0.2) is 23.9 Å². The summed E-state index contributed by atoms with van der Waals surface area (Å²) < 4.78 is 5.13. The van der Waals surface area contributed by atoms with Crippen LogP contribution in [0.5, 0.6) is 5.75 Å². The molecule has 0 saturated heterocycles. The summed E-state index contributed by atoms with van der Waals surface area (Å²) in [5, 5.41) is 11.9. The molecule has 0 fully saturated rings. The molecule has 0 saturated carbocycles. The van der Waals surface area contributed by atoms with Gasteiger partial charge in [-0.2, -0.15) is 0 Å². The van der Waals surface area contributed by atoms with Gasteiger partial charge < -0.3 is 14.7 Å². The molecule has 6 heteroatoms. The number of methoxy groups -OCH3 is 1. The Kier molecular flexibility index (Phi) is 5.80. The van der Waals surface area contributed by atoms with Crippen LogP contribution >= 0.6 is 11.6 Å². The van der Waals surface area contributed by atoms with E-state index >= 15 is 0 Å². The van der Waals surface area contributed by atoms with Gasteiger partial charge in [-0.3, -0.25) is 9.59 Å². The highest BCUT2D eigenvalue weighted by molar-refractivity contribution is 6.31. The van der Waals surface area contributed by atoms with E-state index in [4.69, 9.17) is 16.3 Å². The molecule has 1 heterocycles. The highest BCUT2D eigenvalue weighted by Crippen LogP contribution is 2.45. The van der Waals surface area contributed by atoms with Gasteiger partial charge in [-0.1, -0.05) is 35.4 Å². The van der Waals surface area contributed by atoms with Gasteiger partial charge in [0.25, 0.3) is 5.91 Å². The fourth-order valence-electron chi connectivity index (χ4n) is 4.16. The van der Waals surface area contributed by atoms with Crippen molar-refractivity contribution < 1.29 is 19.4 Å². The summed E-state index contributed by atoms with van der Waals surface area (Å²) in [6.45, 7) is 4.29. The molecule has 1 unspecified atom stereocenters. The van der Waals surface area contributed by atoms with E-state index in [0.717, 1.165) is 16.7 Å². The zero-order valence-corrected chi connectivity index (χ0v) is 18.9. The third-order valence-corrected chi connectivity index (χ3v) is 6.18. The number of aryl methyl sites for hydroxylation is 2. The standard InChI is InChI=1S/C26H24ClNO4/c1-16-4-5-19(17(2)12-16)15-28-23-11-8-20(27)13-22(23)26(31,25(28)30)14-24(29)18-6-9-21(32-3)10-7-18/h4-13,31H,14-15H2,1-3H3. The molecule has 0 radical (unpaired) electrons. The fraction of sp³-hybridized carbons (Fsp3) is 0.231. The minimum absolute atomic E-state index is 0.290. The quantitative estimate of drug-likeness (QED) is 0.539. The molecule has 4 rings (SSSR count). The Labute approximate surface area is 192 Å². The molecule has 0 spiro atoms. The van der Waals surface area contributed by atoms with Crippen LogP contribution in [0.4, 0.5) is 5.69 Å². The lowest BCUT2D eigenvalue weighted by Crippen LogP contribution is -2.41. The normalized spacial score (nSPS) is 17.4. The first-order valence-electron chi connectivity index (χ1n) is 10.3. The smallest absolute Gasteiger partial charge is 0.264 e. The van der Waals surface area contributed by atoms with E-state index < -0.39 is 11.5 Å². The van der Waals surface area contributed by atoms with Gasteiger partial charge >= 0.3 is 0 Å². The third-order valence-electron chi connectivity index (χ3n) is 5.95. The molecular weight excluding hydrogens is 426 g/mol. The van der Waals surface area contributed by atoms with E-state index in [1.165, 1.54) is 4.90 Å². The van der Waals surface area contributed by atoms with E-state index in [0.29, 0.717) is 34.1 Å². The molecule has 5 nitrogen and oxygen atoms in total. The summed E-state index contributed by atoms with van der Waals surface area (Å²) in [5.41, 5.74) is 2.46. The molecule has 0 bridgehead atoms. The Morgan fingerprint density at radius 1 is 1.06 bits per heavy atom. The van der Waals surface area contributed by atoms with Crippen LogP contribution < -0.4 is 9.64 Å². The second-order valence-electron chi connectivity index (χ2n) is 8.17. The second-order valence-corrected chi connectivity index (χ2v) is 8.61. The Hall–Kier alpha value is -3.15. The summed E-state index contributed by atoms with van der Waals surface area (Å²) in [5.74, 6) is -0.256. The summed E-state index contributed by atoms with van der Waals surface area (Å²) in [6.07, 6.45) is -0.380. The first-order valence-corrected chi connectivity index (χ1v) is 10.7. The fourth-order valence-corrected chi connectivity index (χ4v) is 4.33. The number of Topliss-reactive ketones (excluding diaryl/α,β-unsaturated/α-hetero) is 1. The number of fused-ring (bicyclic) bond motifs is 1. The predicted molar refractivity (Wildman–Crippen MR) is 124 cm³/mol. The number of hydrogen-bond donors (Lipinski definition) is 1. The maximum atomic E-state index is 13.5. The number of ketones is 1. The molecule has 1 N–H and O–H groups in total. The van der Waals surface area contributed by atoms with Crippen molar-refractivity contribution in [2.45, 2.75) is 32.4 Å². The summed E-state index contributed by atoms with van der Waals surface area (Å²) >= 11 is 6.20. The SMILES string of the molecule is COc1ccc(C(=O)CC2(O)C(=O)N(Cc3ccc(C)cc3C)c3ccc(Cl)cc32)cc1. The number of carbonyl (C=O) groups excluding carboxylic acids is 2. The average Bonchev–Trinajstić information content (AvgIpc) is 2.97. The van der Waals surface area contributed by atoms with Crippen LogP contribution in [0.15, 0.2) is 60.7 Å². The molecule has 0 aliphatic carbocycles. The Morgan fingerprint density at radius 3 is 2.44 bits per heavy atom. The van der Waals surface area contributed by atoms with Gasteiger partial charge in [0.05, 0.1) is 25.8 Å². The number of ether oxygens (including phenoxy) is 1. The van der Waals surface area contributed by atoms with Crippen molar-refractivity contribution in [1.82, 2.24) is 0 Å². The van der Waals surface area contributed by atoms with Gasteiger partial charge in [-0.15, -0.1) is 0 Å². The molecule has 3 aromatic carbocycles. The van der Waals surface area contributed by atoms with Crippen molar-refractivity contribution in [2.24, 2.45) is 0 Å². The lowest BCUT2D eigenvalue weighted by molar-refractivity contribution is -0.136. The van der Waals surface area contributed by atoms with Crippen LogP contribution in [0.25, 0.3) is 0 Å². The predicted octanol–water partition coefficient (Wildman–Crippen LogP) is 4.97. The minimum atomic E-state index is -1.99. The van der Waals surface area contributed by atoms with Crippen LogP contribution in [0.2, 0.25) is 5.02 Å². The molecule has 1 aliphatic heterocycles. The van der Waals surface area contributed by atoms with E-state index in [1.54, 1.807) is 49.6 Å². The highest BCUT2D eigenvalue weighted by atomic mass is 35.5. The van der Waals surface area contributed by atoms with E-state index in [2.05, 4.69) is 6.07 Å². The summed E-state index contributed by atoms with van der Waals surface area (Å²) in [6, 6.07) is 17.6. The highest BCUT2D eigenvalue weighted by Gasteiger charge is 2.51. The number of hydrogen-bond acceptors (Lipinski definition) is 4. The number of amides is 1. The number of rotatable bonds is 6. The first kappa shape index (κ1) is 22.1. The Bertz CT molecular complexity index is 1200. The molecule has 3 aromatic rings. The van der Waals surface area contributed by atoms with Crippen molar-refractivity contribution in [2.75, 3.05) is 12.0 Å². The van der Waals surface area contributed by atoms with Gasteiger partial charge in [0.1, 0.15) is 5.75 Å². The molecule has 1 aliphatic rings. The lowest BCUT2D eigenvalue weighted by atomic mass is 9.88. The summed E-state index contributed by atoms with van der Waals surface area (Å²) in [7, 11) is 1.54. The summed E-state index contributed by atoms with van der Waals surface area (Å²) in [4.78, 5) is 28.0. The van der Waals surface area contributed by atoms with Crippen LogP contribution in [-0.2, 0) is 16.9 Å². The molecule has 1 amide bonds. The van der Waals surface area contributed by atoms with Crippen LogP contribution in [0.1, 0.15) is 39.0 Å². The Balaban J connectivity index is 1.69. The van der Waals surface area contributed by atoms with Gasteiger partial charge in [0.2, 0.25) is 0 Å². The van der Waals surface area contributed by atoms with Crippen LogP contribution in [0.3, 0.4) is 0 Å². The van der Waals surface area contributed by atoms with Gasteiger partial charge in [0, 0.05) is 16.1 Å². The number of nitrogens with zero attached hydrogens (tertiary/aromatic N) is 1. The van der Waals surface area contributed by atoms with Crippen molar-refractivity contribution in [3.05, 3.63) is 93.5 Å². The maximum Gasteiger partial charge on any atom is 0.264 e. The molecular formula is C26H24ClNO4. The minimum Gasteiger partial charge on any atom is -0.497 e. The zero-order chi connectivity index (χ0) is 23.0. The molecule has 164 valence electrons. The van der Waals surface area contributed by atoms with Crippen molar-refractivity contribution in [1.29, 1.82) is 0 Å². The van der Waals surface area contributed by atoms with E-state index in [-0.39, 0.29) is 12.2 Å². The second kappa shape index (κ2) is 8.41. The maximum absolute atomic E-state index is 13.5.